The average Bonchev–Trinajstić information content (AvgIpc) is 2.77. The molecule has 128 valence electrons. The summed E-state index contributed by atoms with van der Waals surface area (Å²) in [6.07, 6.45) is 0.653. The molecule has 0 saturated heterocycles. The Kier molecular flexibility index (Phi) is 4.61. The van der Waals surface area contributed by atoms with E-state index in [1.165, 1.54) is 24.3 Å². The smallest absolute Gasteiger partial charge is 0.316 e. The van der Waals surface area contributed by atoms with Crippen molar-refractivity contribution in [2.45, 2.75) is 20.5 Å². The summed E-state index contributed by atoms with van der Waals surface area (Å²) in [5, 5.41) is -0.0273. The molecule has 24 heavy (non-hydrogen) atoms. The van der Waals surface area contributed by atoms with Crippen molar-refractivity contribution in [3.8, 4) is 5.75 Å². The van der Waals surface area contributed by atoms with Crippen LogP contribution < -0.4 is 4.74 Å². The summed E-state index contributed by atoms with van der Waals surface area (Å²) in [5.74, 6) is -1.45. The number of fused-ring (bicyclic) bond motifs is 2. The third-order valence-electron chi connectivity index (χ3n) is 4.30. The van der Waals surface area contributed by atoms with Crippen LogP contribution in [0.25, 0.3) is 0 Å². The molecule has 0 aliphatic heterocycles. The predicted molar refractivity (Wildman–Crippen MR) is 95.9 cm³/mol. The van der Waals surface area contributed by atoms with Gasteiger partial charge in [-0.25, -0.2) is 0 Å². The van der Waals surface area contributed by atoms with Crippen LogP contribution >= 0.6 is 69.6 Å². The molecule has 0 radical (unpaired) electrons. The molecule has 1 fully saturated rings. The lowest BCUT2D eigenvalue weighted by Gasteiger charge is -2.32. The quantitative estimate of drug-likeness (QED) is 0.274. The van der Waals surface area contributed by atoms with E-state index in [1.54, 1.807) is 0 Å². The van der Waals surface area contributed by atoms with Crippen molar-refractivity contribution in [1.82, 2.24) is 0 Å². The fourth-order valence-electron chi connectivity index (χ4n) is 2.96. The molecule has 1 saturated carbocycles. The first-order chi connectivity index (χ1) is 11.1. The molecule has 0 amide bonds. The van der Waals surface area contributed by atoms with Gasteiger partial charge in [0.2, 0.25) is 0 Å². The van der Waals surface area contributed by atoms with Gasteiger partial charge in [0.15, 0.2) is 4.33 Å². The third-order valence-corrected chi connectivity index (χ3v) is 8.58. The number of alkyl halides is 4. The van der Waals surface area contributed by atoms with E-state index < -0.39 is 26.0 Å². The second-order valence-corrected chi connectivity index (χ2v) is 8.90. The van der Waals surface area contributed by atoms with Gasteiger partial charge in [-0.3, -0.25) is 9.59 Å². The highest BCUT2D eigenvalue weighted by atomic mass is 35.5. The number of esters is 1. The van der Waals surface area contributed by atoms with Crippen molar-refractivity contribution in [3.63, 3.8) is 0 Å². The zero-order chi connectivity index (χ0) is 17.9. The number of ether oxygens (including phenoxy) is 1. The van der Waals surface area contributed by atoms with Gasteiger partial charge >= 0.3 is 5.97 Å². The molecular weight excluding hydrogens is 441 g/mol. The van der Waals surface area contributed by atoms with E-state index in [0.29, 0.717) is 11.8 Å². The van der Waals surface area contributed by atoms with E-state index in [9.17, 15) is 9.59 Å². The van der Waals surface area contributed by atoms with E-state index >= 15 is 0 Å². The largest absolute Gasteiger partial charge is 0.426 e. The van der Waals surface area contributed by atoms with Gasteiger partial charge in [-0.2, -0.15) is 0 Å². The first-order valence-electron chi connectivity index (χ1n) is 6.68. The molecule has 9 heteroatoms. The zero-order valence-electron chi connectivity index (χ0n) is 11.7. The highest BCUT2D eigenvalue weighted by molar-refractivity contribution is 6.66. The summed E-state index contributed by atoms with van der Waals surface area (Å²) in [6, 6.07) is 5.97. The average molecular weight is 449 g/mol. The van der Waals surface area contributed by atoms with Gasteiger partial charge in [0.05, 0.1) is 16.0 Å². The van der Waals surface area contributed by atoms with Gasteiger partial charge in [-0.15, -0.1) is 23.2 Å². The topological polar surface area (TPSA) is 43.4 Å². The Hall–Kier alpha value is -0.160. The second-order valence-electron chi connectivity index (χ2n) is 5.58. The number of hydrogen-bond acceptors (Lipinski definition) is 3. The van der Waals surface area contributed by atoms with Crippen LogP contribution in [0.1, 0.15) is 16.8 Å². The Bertz CT molecular complexity index is 759. The van der Waals surface area contributed by atoms with Crippen molar-refractivity contribution in [1.29, 1.82) is 0 Å². The minimum absolute atomic E-state index is 0.0225. The highest BCUT2D eigenvalue weighted by Crippen LogP contribution is 2.74. The Balaban J connectivity index is 1.91. The van der Waals surface area contributed by atoms with Crippen molar-refractivity contribution < 1.29 is 14.3 Å². The number of benzene rings is 1. The number of carbonyl (C=O) groups excluding carboxylic acids is 2. The number of carbonyl (C=O) groups is 2. The van der Waals surface area contributed by atoms with Crippen molar-refractivity contribution >= 4 is 81.9 Å². The molecule has 1 aromatic rings. The molecule has 1 aromatic carbocycles. The zero-order valence-corrected chi connectivity index (χ0v) is 16.2. The number of allylic oxidation sites excluding steroid dienone is 2. The summed E-state index contributed by atoms with van der Waals surface area (Å²) < 4.78 is 3.52. The van der Waals surface area contributed by atoms with E-state index in [-0.39, 0.29) is 22.2 Å². The van der Waals surface area contributed by atoms with Crippen LogP contribution in [0.15, 0.2) is 34.3 Å². The van der Waals surface area contributed by atoms with E-state index in [0.717, 1.165) is 0 Å². The van der Waals surface area contributed by atoms with Crippen molar-refractivity contribution in [2.24, 2.45) is 5.92 Å². The fraction of sp³-hybridized carbons (Fsp3) is 0.333. The maximum Gasteiger partial charge on any atom is 0.316 e. The van der Waals surface area contributed by atoms with Crippen LogP contribution in [0, 0.1) is 5.92 Å². The lowest BCUT2D eigenvalue weighted by molar-refractivity contribution is -0.139. The fourth-order valence-corrected chi connectivity index (χ4v) is 5.71. The molecule has 3 nitrogen and oxygen atoms in total. The molecule has 2 aliphatic rings. The summed E-state index contributed by atoms with van der Waals surface area (Å²) in [7, 11) is 0. The van der Waals surface area contributed by atoms with Crippen LogP contribution in [0.4, 0.5) is 0 Å². The van der Waals surface area contributed by atoms with Gasteiger partial charge in [0.1, 0.15) is 21.8 Å². The first-order valence-corrected chi connectivity index (χ1v) is 8.95. The van der Waals surface area contributed by atoms with Crippen molar-refractivity contribution in [3.05, 3.63) is 39.9 Å². The maximum atomic E-state index is 12.6. The molecular formula is C15H8Cl6O3. The summed E-state index contributed by atoms with van der Waals surface area (Å²) in [4.78, 5) is 20.1. The Morgan fingerprint density at radius 1 is 1.08 bits per heavy atom. The Morgan fingerprint density at radius 3 is 2.12 bits per heavy atom. The van der Waals surface area contributed by atoms with E-state index in [2.05, 4.69) is 0 Å². The standard InChI is InChI=1S/C15H8Cl6O3/c16-10-11(17)14(19)9(5-13(10,18)15(14,20)21)12(23)24-8-3-1-7(6-22)2-4-8/h1-4,6,9H,5H2/t9-,13+,14+/m1/s1. The number of aldehydes is 1. The molecule has 2 bridgehead atoms. The van der Waals surface area contributed by atoms with Gasteiger partial charge in [0, 0.05) is 5.56 Å². The molecule has 0 unspecified atom stereocenters. The summed E-state index contributed by atoms with van der Waals surface area (Å²) in [5.41, 5.74) is 0.446. The lowest BCUT2D eigenvalue weighted by Crippen LogP contribution is -2.46. The predicted octanol–water partition coefficient (Wildman–Crippen LogP) is 5.26. The van der Waals surface area contributed by atoms with Crippen LogP contribution in [0.5, 0.6) is 5.75 Å². The van der Waals surface area contributed by atoms with Crippen LogP contribution in [0.2, 0.25) is 0 Å². The molecule has 0 aromatic heterocycles. The molecule has 2 aliphatic carbocycles. The van der Waals surface area contributed by atoms with Crippen LogP contribution in [-0.4, -0.2) is 26.3 Å². The normalized spacial score (nSPS) is 33.7. The number of hydrogen-bond donors (Lipinski definition) is 0. The monoisotopic (exact) mass is 446 g/mol. The molecule has 3 atom stereocenters. The van der Waals surface area contributed by atoms with Gasteiger partial charge in [-0.05, 0) is 30.7 Å². The minimum atomic E-state index is -1.78. The highest BCUT2D eigenvalue weighted by Gasteiger charge is 2.80. The van der Waals surface area contributed by atoms with Gasteiger partial charge in [0.25, 0.3) is 0 Å². The van der Waals surface area contributed by atoms with E-state index in [1.807, 2.05) is 0 Å². The van der Waals surface area contributed by atoms with Crippen LogP contribution in [0.3, 0.4) is 0 Å². The Labute approximate surface area is 167 Å². The first kappa shape index (κ1) is 18.6. The Morgan fingerprint density at radius 2 is 1.67 bits per heavy atom. The number of halogens is 6. The molecule has 0 heterocycles. The minimum Gasteiger partial charge on any atom is -0.426 e. The van der Waals surface area contributed by atoms with Gasteiger partial charge < -0.3 is 4.74 Å². The molecule has 0 spiro atoms. The summed E-state index contributed by atoms with van der Waals surface area (Å²) in [6.45, 7) is 0. The van der Waals surface area contributed by atoms with Crippen LogP contribution in [-0.2, 0) is 4.79 Å². The lowest BCUT2D eigenvalue weighted by atomic mass is 9.92. The van der Waals surface area contributed by atoms with Crippen molar-refractivity contribution in [2.75, 3.05) is 0 Å². The van der Waals surface area contributed by atoms with E-state index in [4.69, 9.17) is 74.3 Å². The SMILES string of the molecule is O=Cc1ccc(OC(=O)[C@H]2C[C@]3(Cl)C(Cl)=C(Cl)[C@]2(Cl)C3(Cl)Cl)cc1. The molecule has 0 N–H and O–H groups in total. The second kappa shape index (κ2) is 5.94. The van der Waals surface area contributed by atoms with Gasteiger partial charge in [-0.1, -0.05) is 46.4 Å². The molecule has 3 rings (SSSR count). The number of rotatable bonds is 3. The summed E-state index contributed by atoms with van der Waals surface area (Å²) >= 11 is 37.9. The maximum absolute atomic E-state index is 12.6. The third kappa shape index (κ3) is 2.26.